The van der Waals surface area contributed by atoms with Gasteiger partial charge in [0.25, 0.3) is 5.91 Å². The van der Waals surface area contributed by atoms with Gasteiger partial charge in [0.05, 0.1) is 0 Å². The smallest absolute Gasteiger partial charge is 0.325 e. The Morgan fingerprint density at radius 1 is 0.938 bits per heavy atom. The molecule has 1 saturated carbocycles. The Bertz CT molecular complexity index is 1030. The van der Waals surface area contributed by atoms with Crippen LogP contribution in [0.2, 0.25) is 0 Å². The molecule has 2 aliphatic heterocycles. The molecule has 2 heterocycles. The first kappa shape index (κ1) is 20.9. The van der Waals surface area contributed by atoms with Crippen molar-refractivity contribution in [2.45, 2.75) is 44.2 Å². The maximum absolute atomic E-state index is 12.8. The minimum absolute atomic E-state index is 0.0165. The lowest BCUT2D eigenvalue weighted by atomic mass is 9.98. The third-order valence-corrected chi connectivity index (χ3v) is 7.25. The molecule has 3 fully saturated rings. The first-order valence-corrected chi connectivity index (χ1v) is 11.7. The lowest BCUT2D eigenvalue weighted by Crippen LogP contribution is -2.49. The lowest BCUT2D eigenvalue weighted by Gasteiger charge is -2.35. The summed E-state index contributed by atoms with van der Waals surface area (Å²) in [6.07, 6.45) is 3.53. The van der Waals surface area contributed by atoms with Gasteiger partial charge in [-0.05, 0) is 29.2 Å². The molecule has 32 heavy (non-hydrogen) atoms. The number of carbonyl (C=O) groups is 3. The van der Waals surface area contributed by atoms with Crippen LogP contribution < -0.4 is 5.32 Å². The van der Waals surface area contributed by atoms with Crippen molar-refractivity contribution in [2.24, 2.45) is 0 Å². The number of imide groups is 1. The molecule has 1 spiro atoms. The normalized spacial score (nSPS) is 21.0. The number of urea groups is 1. The summed E-state index contributed by atoms with van der Waals surface area (Å²) in [5.74, 6) is -0.129. The van der Waals surface area contributed by atoms with Crippen molar-refractivity contribution in [1.29, 1.82) is 0 Å². The van der Waals surface area contributed by atoms with Gasteiger partial charge >= 0.3 is 6.03 Å². The third-order valence-electron chi connectivity index (χ3n) is 7.25. The molecular formula is C25H30N4O3. The maximum atomic E-state index is 12.8. The Labute approximate surface area is 188 Å². The van der Waals surface area contributed by atoms with E-state index in [1.165, 1.54) is 21.2 Å². The summed E-state index contributed by atoms with van der Waals surface area (Å²) in [6.45, 7) is 4.03. The molecule has 1 aliphatic carbocycles. The molecule has 4 amide bonds. The third kappa shape index (κ3) is 3.86. The second kappa shape index (κ2) is 8.54. The van der Waals surface area contributed by atoms with Crippen molar-refractivity contribution < 1.29 is 14.4 Å². The molecule has 0 unspecified atom stereocenters. The quantitative estimate of drug-likeness (QED) is 0.735. The topological polar surface area (TPSA) is 73.0 Å². The van der Waals surface area contributed by atoms with Crippen molar-refractivity contribution in [3.8, 4) is 0 Å². The molecule has 2 aromatic carbocycles. The minimum atomic E-state index is -0.701. The molecule has 7 heteroatoms. The number of nitrogens with zero attached hydrogens (tertiary/aromatic N) is 3. The number of nitrogens with one attached hydrogen (secondary N) is 1. The molecule has 7 nitrogen and oxygen atoms in total. The van der Waals surface area contributed by atoms with Crippen LogP contribution in [-0.4, -0.2) is 70.8 Å². The summed E-state index contributed by atoms with van der Waals surface area (Å²) >= 11 is 0. The van der Waals surface area contributed by atoms with E-state index in [2.05, 4.69) is 52.7 Å². The molecule has 0 bridgehead atoms. The van der Waals surface area contributed by atoms with Crippen LogP contribution >= 0.6 is 0 Å². The van der Waals surface area contributed by atoms with Crippen LogP contribution in [0.5, 0.6) is 0 Å². The van der Waals surface area contributed by atoms with Crippen LogP contribution in [-0.2, 0) is 16.1 Å². The summed E-state index contributed by atoms with van der Waals surface area (Å²) in [5, 5.41) is 5.41. The number of piperazine rings is 1. The van der Waals surface area contributed by atoms with E-state index in [0.29, 0.717) is 25.9 Å². The van der Waals surface area contributed by atoms with E-state index in [1.54, 1.807) is 0 Å². The Morgan fingerprint density at radius 2 is 1.66 bits per heavy atom. The zero-order valence-electron chi connectivity index (χ0n) is 18.4. The summed E-state index contributed by atoms with van der Waals surface area (Å²) in [6, 6.07) is 14.5. The highest BCUT2D eigenvalue weighted by Gasteiger charge is 2.52. The van der Waals surface area contributed by atoms with Gasteiger partial charge in [-0.15, -0.1) is 0 Å². The highest BCUT2D eigenvalue weighted by molar-refractivity contribution is 6.07. The Morgan fingerprint density at radius 3 is 2.44 bits per heavy atom. The first-order valence-electron chi connectivity index (χ1n) is 11.7. The van der Waals surface area contributed by atoms with Crippen molar-refractivity contribution in [1.82, 2.24) is 20.0 Å². The van der Waals surface area contributed by atoms with E-state index in [4.69, 9.17) is 0 Å². The molecular weight excluding hydrogens is 404 g/mol. The standard InChI is InChI=1S/C25H30N4O3/c30-22(10-13-29-23(31)25(26-24(29)32)11-3-4-12-25)28-16-14-27(15-17-28)18-20-8-5-7-19-6-1-2-9-21(19)20/h1-2,5-9H,3-4,10-18H2,(H,26,32). The number of hydrogen-bond acceptors (Lipinski definition) is 4. The van der Waals surface area contributed by atoms with Gasteiger partial charge in [-0.1, -0.05) is 55.3 Å². The molecule has 0 atom stereocenters. The molecule has 168 valence electrons. The highest BCUT2D eigenvalue weighted by Crippen LogP contribution is 2.35. The van der Waals surface area contributed by atoms with Gasteiger partial charge in [-0.3, -0.25) is 19.4 Å². The van der Waals surface area contributed by atoms with E-state index in [9.17, 15) is 14.4 Å². The predicted molar refractivity (Wildman–Crippen MR) is 122 cm³/mol. The van der Waals surface area contributed by atoms with Gasteiger partial charge in [0.15, 0.2) is 0 Å². The van der Waals surface area contributed by atoms with Crippen molar-refractivity contribution in [3.63, 3.8) is 0 Å². The van der Waals surface area contributed by atoms with Crippen LogP contribution in [0.4, 0.5) is 4.79 Å². The fourth-order valence-electron chi connectivity index (χ4n) is 5.39. The minimum Gasteiger partial charge on any atom is -0.340 e. The fourth-order valence-corrected chi connectivity index (χ4v) is 5.39. The van der Waals surface area contributed by atoms with E-state index >= 15 is 0 Å². The van der Waals surface area contributed by atoms with Gasteiger partial charge in [0.2, 0.25) is 5.91 Å². The number of hydrogen-bond donors (Lipinski definition) is 1. The van der Waals surface area contributed by atoms with Gasteiger partial charge < -0.3 is 10.2 Å². The zero-order chi connectivity index (χ0) is 22.1. The summed E-state index contributed by atoms with van der Waals surface area (Å²) in [5.41, 5.74) is 0.607. The number of benzene rings is 2. The van der Waals surface area contributed by atoms with Crippen LogP contribution in [0.25, 0.3) is 10.8 Å². The second-order valence-electron chi connectivity index (χ2n) is 9.22. The molecule has 5 rings (SSSR count). The van der Waals surface area contributed by atoms with Crippen LogP contribution in [0.3, 0.4) is 0 Å². The van der Waals surface area contributed by atoms with Crippen molar-refractivity contribution in [3.05, 3.63) is 48.0 Å². The van der Waals surface area contributed by atoms with E-state index in [1.807, 2.05) is 4.90 Å². The van der Waals surface area contributed by atoms with E-state index in [0.717, 1.165) is 32.5 Å². The highest BCUT2D eigenvalue weighted by atomic mass is 16.2. The van der Waals surface area contributed by atoms with Gasteiger partial charge in [0.1, 0.15) is 5.54 Å². The zero-order valence-corrected chi connectivity index (χ0v) is 18.4. The van der Waals surface area contributed by atoms with E-state index < -0.39 is 5.54 Å². The Hall–Kier alpha value is -2.93. The van der Waals surface area contributed by atoms with Gasteiger partial charge in [-0.2, -0.15) is 0 Å². The molecule has 3 aliphatic rings. The molecule has 1 N–H and O–H groups in total. The van der Waals surface area contributed by atoms with Crippen LogP contribution in [0.15, 0.2) is 42.5 Å². The summed E-state index contributed by atoms with van der Waals surface area (Å²) in [7, 11) is 0. The number of carbonyl (C=O) groups excluding carboxylic acids is 3. The van der Waals surface area contributed by atoms with Crippen molar-refractivity contribution >= 4 is 28.6 Å². The first-order chi connectivity index (χ1) is 15.6. The molecule has 0 radical (unpaired) electrons. The molecule has 2 saturated heterocycles. The second-order valence-corrected chi connectivity index (χ2v) is 9.22. The average molecular weight is 435 g/mol. The SMILES string of the molecule is O=C(CCN1C(=O)NC2(CCCC2)C1=O)N1CCN(Cc2cccc3ccccc23)CC1. The number of rotatable bonds is 5. The van der Waals surface area contributed by atoms with Crippen LogP contribution in [0, 0.1) is 0 Å². The maximum Gasteiger partial charge on any atom is 0.325 e. The van der Waals surface area contributed by atoms with E-state index in [-0.39, 0.29) is 30.8 Å². The Balaban J connectivity index is 1.12. The van der Waals surface area contributed by atoms with Crippen molar-refractivity contribution in [2.75, 3.05) is 32.7 Å². The molecule has 2 aromatic rings. The van der Waals surface area contributed by atoms with Gasteiger partial charge in [0, 0.05) is 45.7 Å². The summed E-state index contributed by atoms with van der Waals surface area (Å²) in [4.78, 5) is 43.3. The fraction of sp³-hybridized carbons (Fsp3) is 0.480. The summed E-state index contributed by atoms with van der Waals surface area (Å²) < 4.78 is 0. The number of amides is 4. The number of fused-ring (bicyclic) bond motifs is 1. The monoisotopic (exact) mass is 434 g/mol. The largest absolute Gasteiger partial charge is 0.340 e. The van der Waals surface area contributed by atoms with Gasteiger partial charge in [-0.25, -0.2) is 4.79 Å². The Kier molecular flexibility index (Phi) is 5.59. The predicted octanol–water partition coefficient (Wildman–Crippen LogP) is 2.74. The van der Waals surface area contributed by atoms with Crippen LogP contribution in [0.1, 0.15) is 37.7 Å². The molecule has 0 aromatic heterocycles. The average Bonchev–Trinajstić information content (AvgIpc) is 3.37. The lowest BCUT2D eigenvalue weighted by molar-refractivity contribution is -0.134.